The van der Waals surface area contributed by atoms with Gasteiger partial charge in [0.2, 0.25) is 0 Å². The van der Waals surface area contributed by atoms with E-state index >= 15 is 0 Å². The van der Waals surface area contributed by atoms with E-state index in [1.54, 1.807) is 6.07 Å². The first-order valence-corrected chi connectivity index (χ1v) is 6.88. The molecule has 3 nitrogen and oxygen atoms in total. The largest absolute Gasteiger partial charge is 0.383 e. The lowest BCUT2D eigenvalue weighted by Gasteiger charge is -2.06. The van der Waals surface area contributed by atoms with Crippen molar-refractivity contribution in [3.05, 3.63) is 60.4 Å². The predicted octanol–water partition coefficient (Wildman–Crippen LogP) is 3.96. The average molecular weight is 281 g/mol. The zero-order chi connectivity index (χ0) is 14.8. The highest BCUT2D eigenvalue weighted by molar-refractivity contribution is 5.75. The smallest absolute Gasteiger partial charge is 0.142 e. The summed E-state index contributed by atoms with van der Waals surface area (Å²) in [7, 11) is 0. The van der Waals surface area contributed by atoms with Gasteiger partial charge in [0.15, 0.2) is 0 Å². The SMILES string of the molecule is CCn1c(-c2ccccc2)nc(-c2cccc(F)c2)c1N. The molecule has 0 saturated carbocycles. The van der Waals surface area contributed by atoms with Crippen molar-refractivity contribution in [1.29, 1.82) is 0 Å². The molecule has 0 aliphatic carbocycles. The maximum atomic E-state index is 13.4. The third kappa shape index (κ3) is 2.40. The zero-order valence-electron chi connectivity index (χ0n) is 11.8. The number of hydrogen-bond acceptors (Lipinski definition) is 2. The maximum Gasteiger partial charge on any atom is 0.142 e. The van der Waals surface area contributed by atoms with Crippen molar-refractivity contribution in [2.45, 2.75) is 13.5 Å². The molecule has 0 unspecified atom stereocenters. The van der Waals surface area contributed by atoms with Crippen molar-refractivity contribution < 1.29 is 4.39 Å². The molecule has 0 aliphatic heterocycles. The lowest BCUT2D eigenvalue weighted by atomic mass is 10.1. The van der Waals surface area contributed by atoms with Gasteiger partial charge in [-0.2, -0.15) is 0 Å². The van der Waals surface area contributed by atoms with Crippen molar-refractivity contribution in [2.24, 2.45) is 0 Å². The average Bonchev–Trinajstić information content (AvgIpc) is 2.85. The summed E-state index contributed by atoms with van der Waals surface area (Å²) in [5.74, 6) is 1.07. The summed E-state index contributed by atoms with van der Waals surface area (Å²) >= 11 is 0. The molecular weight excluding hydrogens is 265 g/mol. The van der Waals surface area contributed by atoms with E-state index in [1.165, 1.54) is 12.1 Å². The number of anilines is 1. The van der Waals surface area contributed by atoms with Gasteiger partial charge in [0.05, 0.1) is 0 Å². The molecule has 21 heavy (non-hydrogen) atoms. The Bertz CT molecular complexity index is 763. The van der Waals surface area contributed by atoms with Crippen LogP contribution in [0.1, 0.15) is 6.92 Å². The van der Waals surface area contributed by atoms with Gasteiger partial charge in [0.1, 0.15) is 23.2 Å². The summed E-state index contributed by atoms with van der Waals surface area (Å²) in [6, 6.07) is 16.2. The fourth-order valence-electron chi connectivity index (χ4n) is 2.44. The van der Waals surface area contributed by atoms with Gasteiger partial charge in [-0.3, -0.25) is 0 Å². The summed E-state index contributed by atoms with van der Waals surface area (Å²) in [5, 5.41) is 0. The fourth-order valence-corrected chi connectivity index (χ4v) is 2.44. The minimum Gasteiger partial charge on any atom is -0.383 e. The molecule has 0 radical (unpaired) electrons. The second-order valence-corrected chi connectivity index (χ2v) is 4.79. The molecule has 106 valence electrons. The van der Waals surface area contributed by atoms with E-state index in [0.29, 0.717) is 23.6 Å². The van der Waals surface area contributed by atoms with Crippen LogP contribution in [0.25, 0.3) is 22.6 Å². The fraction of sp³-hybridized carbons (Fsp3) is 0.118. The normalized spacial score (nSPS) is 10.8. The van der Waals surface area contributed by atoms with Crippen LogP contribution in [-0.4, -0.2) is 9.55 Å². The monoisotopic (exact) mass is 281 g/mol. The van der Waals surface area contributed by atoms with Crippen LogP contribution in [0.3, 0.4) is 0 Å². The highest BCUT2D eigenvalue weighted by Crippen LogP contribution is 2.31. The Morgan fingerprint density at radius 3 is 2.43 bits per heavy atom. The van der Waals surface area contributed by atoms with Gasteiger partial charge >= 0.3 is 0 Å². The highest BCUT2D eigenvalue weighted by Gasteiger charge is 2.16. The van der Waals surface area contributed by atoms with Crippen LogP contribution in [0.5, 0.6) is 0 Å². The number of nitrogens with two attached hydrogens (primary N) is 1. The van der Waals surface area contributed by atoms with Crippen molar-refractivity contribution >= 4 is 5.82 Å². The molecule has 0 spiro atoms. The number of rotatable bonds is 3. The maximum absolute atomic E-state index is 13.4. The van der Waals surface area contributed by atoms with E-state index in [4.69, 9.17) is 5.73 Å². The molecule has 0 bridgehead atoms. The summed E-state index contributed by atoms with van der Waals surface area (Å²) in [6.07, 6.45) is 0. The Morgan fingerprint density at radius 1 is 1.05 bits per heavy atom. The molecule has 4 heteroatoms. The Labute approximate surface area is 122 Å². The Kier molecular flexibility index (Phi) is 3.44. The van der Waals surface area contributed by atoms with Crippen LogP contribution in [0.15, 0.2) is 54.6 Å². The van der Waals surface area contributed by atoms with Gasteiger partial charge in [-0.25, -0.2) is 9.37 Å². The third-order valence-electron chi connectivity index (χ3n) is 3.45. The molecule has 3 aromatic rings. The van der Waals surface area contributed by atoms with E-state index in [-0.39, 0.29) is 5.82 Å². The first kappa shape index (κ1) is 13.4. The van der Waals surface area contributed by atoms with Crippen LogP contribution in [0, 0.1) is 5.82 Å². The van der Waals surface area contributed by atoms with Gasteiger partial charge < -0.3 is 10.3 Å². The Morgan fingerprint density at radius 2 is 1.76 bits per heavy atom. The molecule has 2 N–H and O–H groups in total. The Hall–Kier alpha value is -2.62. The van der Waals surface area contributed by atoms with E-state index in [0.717, 1.165) is 11.4 Å². The molecule has 3 rings (SSSR count). The van der Waals surface area contributed by atoms with E-state index in [2.05, 4.69) is 4.98 Å². The minimum atomic E-state index is -0.292. The molecule has 2 aromatic carbocycles. The lowest BCUT2D eigenvalue weighted by molar-refractivity contribution is 0.628. The number of nitrogens with zero attached hydrogens (tertiary/aromatic N) is 2. The van der Waals surface area contributed by atoms with Crippen LogP contribution >= 0.6 is 0 Å². The molecule has 0 aliphatic rings. The predicted molar refractivity (Wildman–Crippen MR) is 83.1 cm³/mol. The standard InChI is InChI=1S/C17H16FN3/c1-2-21-16(19)15(13-9-6-10-14(18)11-13)20-17(21)12-7-4-3-5-8-12/h3-11H,2,19H2,1H3. The third-order valence-corrected chi connectivity index (χ3v) is 3.45. The number of aromatic nitrogens is 2. The number of nitrogen functional groups attached to an aromatic ring is 1. The van der Waals surface area contributed by atoms with Crippen LogP contribution in [0.2, 0.25) is 0 Å². The zero-order valence-corrected chi connectivity index (χ0v) is 11.8. The van der Waals surface area contributed by atoms with E-state index in [9.17, 15) is 4.39 Å². The van der Waals surface area contributed by atoms with E-state index < -0.39 is 0 Å². The topological polar surface area (TPSA) is 43.8 Å². The second-order valence-electron chi connectivity index (χ2n) is 4.79. The molecule has 1 aromatic heterocycles. The lowest BCUT2D eigenvalue weighted by Crippen LogP contribution is -2.02. The van der Waals surface area contributed by atoms with Crippen LogP contribution in [-0.2, 0) is 6.54 Å². The highest BCUT2D eigenvalue weighted by atomic mass is 19.1. The molecular formula is C17H16FN3. The van der Waals surface area contributed by atoms with Crippen molar-refractivity contribution in [3.8, 4) is 22.6 Å². The molecule has 0 fully saturated rings. The number of hydrogen-bond donors (Lipinski definition) is 1. The summed E-state index contributed by atoms with van der Waals surface area (Å²) in [6.45, 7) is 2.72. The van der Waals surface area contributed by atoms with Crippen molar-refractivity contribution in [1.82, 2.24) is 9.55 Å². The number of imidazole rings is 1. The summed E-state index contributed by atoms with van der Waals surface area (Å²) in [4.78, 5) is 4.63. The first-order valence-electron chi connectivity index (χ1n) is 6.88. The van der Waals surface area contributed by atoms with Gasteiger partial charge in [-0.05, 0) is 19.1 Å². The Balaban J connectivity index is 2.18. The first-order chi connectivity index (χ1) is 10.2. The van der Waals surface area contributed by atoms with Crippen LogP contribution in [0.4, 0.5) is 10.2 Å². The van der Waals surface area contributed by atoms with Crippen molar-refractivity contribution in [3.63, 3.8) is 0 Å². The van der Waals surface area contributed by atoms with Gasteiger partial charge in [0, 0.05) is 17.7 Å². The second kappa shape index (κ2) is 5.40. The van der Waals surface area contributed by atoms with Crippen LogP contribution < -0.4 is 5.73 Å². The molecule has 0 saturated heterocycles. The van der Waals surface area contributed by atoms with Gasteiger partial charge in [-0.1, -0.05) is 42.5 Å². The van der Waals surface area contributed by atoms with Gasteiger partial charge in [-0.15, -0.1) is 0 Å². The van der Waals surface area contributed by atoms with Crippen molar-refractivity contribution in [2.75, 3.05) is 5.73 Å². The minimum absolute atomic E-state index is 0.292. The number of benzene rings is 2. The summed E-state index contributed by atoms with van der Waals surface area (Å²) in [5.41, 5.74) is 8.52. The quantitative estimate of drug-likeness (QED) is 0.789. The summed E-state index contributed by atoms with van der Waals surface area (Å²) < 4.78 is 15.4. The molecule has 0 amide bonds. The molecule has 0 atom stereocenters. The number of halogens is 1. The van der Waals surface area contributed by atoms with Gasteiger partial charge in [0.25, 0.3) is 0 Å². The van der Waals surface area contributed by atoms with E-state index in [1.807, 2.05) is 47.9 Å². The molecule has 1 heterocycles.